The summed E-state index contributed by atoms with van der Waals surface area (Å²) in [6.45, 7) is 3.68. The minimum atomic E-state index is -0.350. The molecule has 32 heavy (non-hydrogen) atoms. The average Bonchev–Trinajstić information content (AvgIpc) is 3.42. The number of imidazole rings is 1. The molecule has 0 bridgehead atoms. The highest BCUT2D eigenvalue weighted by molar-refractivity contribution is 6.00. The third kappa shape index (κ3) is 3.20. The zero-order valence-electron chi connectivity index (χ0n) is 17.5. The predicted octanol–water partition coefficient (Wildman–Crippen LogP) is 5.27. The maximum Gasteiger partial charge on any atom is 0.146 e. The lowest BCUT2D eigenvalue weighted by Crippen LogP contribution is -2.07. The van der Waals surface area contributed by atoms with Crippen LogP contribution in [0.3, 0.4) is 0 Å². The maximum absolute atomic E-state index is 14.3. The number of rotatable bonds is 4. The molecule has 3 heterocycles. The van der Waals surface area contributed by atoms with Gasteiger partial charge in [0, 0.05) is 11.8 Å². The molecule has 3 N–H and O–H groups in total. The minimum Gasteiger partial charge on any atom is -0.383 e. The molecule has 0 aliphatic rings. The Kier molecular flexibility index (Phi) is 4.70. The van der Waals surface area contributed by atoms with E-state index in [4.69, 9.17) is 5.73 Å². The largest absolute Gasteiger partial charge is 0.383 e. The molecule has 2 aromatic carbocycles. The number of H-pyrrole nitrogens is 1. The van der Waals surface area contributed by atoms with Gasteiger partial charge in [-0.05, 0) is 43.2 Å². The molecule has 1 unspecified atom stereocenters. The van der Waals surface area contributed by atoms with Crippen LogP contribution in [0.15, 0.2) is 61.2 Å². The number of nitrogen functional groups attached to an aromatic ring is 1. The van der Waals surface area contributed by atoms with Gasteiger partial charge in [0.1, 0.15) is 35.3 Å². The van der Waals surface area contributed by atoms with Gasteiger partial charge in [-0.15, -0.1) is 0 Å². The van der Waals surface area contributed by atoms with Gasteiger partial charge in [-0.1, -0.05) is 24.3 Å². The third-order valence-electron chi connectivity index (χ3n) is 5.71. The van der Waals surface area contributed by atoms with Crippen LogP contribution in [0.25, 0.3) is 33.5 Å². The Morgan fingerprint density at radius 3 is 2.59 bits per heavy atom. The lowest BCUT2D eigenvalue weighted by molar-refractivity contribution is 0.619. The molecule has 8 heteroatoms. The molecule has 0 saturated carbocycles. The highest BCUT2D eigenvalue weighted by Crippen LogP contribution is 2.36. The second-order valence-corrected chi connectivity index (χ2v) is 7.71. The normalized spacial score (nSPS) is 12.4. The first-order valence-electron chi connectivity index (χ1n) is 10.1. The summed E-state index contributed by atoms with van der Waals surface area (Å²) >= 11 is 0. The Morgan fingerprint density at radius 2 is 1.81 bits per heavy atom. The van der Waals surface area contributed by atoms with Gasteiger partial charge in [-0.3, -0.25) is 0 Å². The van der Waals surface area contributed by atoms with Crippen molar-refractivity contribution in [1.29, 1.82) is 0 Å². The lowest BCUT2D eigenvalue weighted by atomic mass is 10.0. The summed E-state index contributed by atoms with van der Waals surface area (Å²) in [4.78, 5) is 16.1. The number of benzene rings is 2. The van der Waals surface area contributed by atoms with Gasteiger partial charge in [0.15, 0.2) is 0 Å². The van der Waals surface area contributed by atoms with Crippen LogP contribution in [0, 0.1) is 18.6 Å². The van der Waals surface area contributed by atoms with Crippen LogP contribution in [0.5, 0.6) is 0 Å². The van der Waals surface area contributed by atoms with Gasteiger partial charge in [0.25, 0.3) is 0 Å². The number of nitrogens with two attached hydrogens (primary N) is 1. The molecule has 0 aliphatic heterocycles. The number of hydrogen-bond donors (Lipinski definition) is 2. The number of hydrogen-bond acceptors (Lipinski definition) is 4. The molecule has 3 aromatic heterocycles. The molecule has 5 aromatic rings. The van der Waals surface area contributed by atoms with Crippen molar-refractivity contribution in [3.63, 3.8) is 0 Å². The maximum atomic E-state index is 14.3. The van der Waals surface area contributed by atoms with E-state index in [1.165, 1.54) is 18.5 Å². The fourth-order valence-corrected chi connectivity index (χ4v) is 3.87. The number of nitrogens with one attached hydrogen (secondary N) is 1. The topological polar surface area (TPSA) is 85.4 Å². The fourth-order valence-electron chi connectivity index (χ4n) is 3.87. The van der Waals surface area contributed by atoms with E-state index in [0.29, 0.717) is 39.4 Å². The van der Waals surface area contributed by atoms with Crippen molar-refractivity contribution >= 4 is 16.9 Å². The van der Waals surface area contributed by atoms with E-state index in [2.05, 4.69) is 19.9 Å². The van der Waals surface area contributed by atoms with Gasteiger partial charge in [0.05, 0.1) is 28.9 Å². The standard InChI is InChI=1S/C24H20F2N6/c1-13-7-8-15(9-19(13)26)17-11-32(24-21(17)22(27)29-12-30-24)14(2)20-10-28-23(31-20)16-5-3-4-6-18(16)25/h3-12,14H,1-2H3,(H,28,31)(H2,27,29,30). The molecule has 0 aliphatic carbocycles. The fraction of sp³-hybridized carbons (Fsp3) is 0.125. The summed E-state index contributed by atoms with van der Waals surface area (Å²) in [6, 6.07) is 11.3. The van der Waals surface area contributed by atoms with E-state index in [1.54, 1.807) is 37.4 Å². The first kappa shape index (κ1) is 19.9. The van der Waals surface area contributed by atoms with Crippen molar-refractivity contribution in [1.82, 2.24) is 24.5 Å². The molecule has 0 spiro atoms. The van der Waals surface area contributed by atoms with Gasteiger partial charge in [0.2, 0.25) is 0 Å². The monoisotopic (exact) mass is 430 g/mol. The number of nitrogens with zero attached hydrogens (tertiary/aromatic N) is 4. The number of halogens is 2. The highest BCUT2D eigenvalue weighted by atomic mass is 19.1. The Hall–Kier alpha value is -4.07. The van der Waals surface area contributed by atoms with Crippen LogP contribution in [-0.4, -0.2) is 24.5 Å². The second-order valence-electron chi connectivity index (χ2n) is 7.71. The Labute approximate surface area is 182 Å². The average molecular weight is 430 g/mol. The van der Waals surface area contributed by atoms with Crippen molar-refractivity contribution in [2.75, 3.05) is 5.73 Å². The molecule has 160 valence electrons. The van der Waals surface area contributed by atoms with Gasteiger partial charge >= 0.3 is 0 Å². The third-order valence-corrected chi connectivity index (χ3v) is 5.71. The molecule has 1 atom stereocenters. The second kappa shape index (κ2) is 7.56. The summed E-state index contributed by atoms with van der Waals surface area (Å²) in [5.74, 6) is 0.108. The first-order valence-corrected chi connectivity index (χ1v) is 10.1. The predicted molar refractivity (Wildman–Crippen MR) is 120 cm³/mol. The molecular weight excluding hydrogens is 410 g/mol. The Morgan fingerprint density at radius 1 is 1.00 bits per heavy atom. The SMILES string of the molecule is Cc1ccc(-c2cn(C(C)c3cnc(-c4ccccc4F)[nH]3)c3ncnc(N)c23)cc1F. The smallest absolute Gasteiger partial charge is 0.146 e. The van der Waals surface area contributed by atoms with Crippen molar-refractivity contribution in [2.24, 2.45) is 0 Å². The van der Waals surface area contributed by atoms with Crippen molar-refractivity contribution in [3.8, 4) is 22.5 Å². The highest BCUT2D eigenvalue weighted by Gasteiger charge is 2.21. The lowest BCUT2D eigenvalue weighted by Gasteiger charge is -2.13. The molecule has 6 nitrogen and oxygen atoms in total. The van der Waals surface area contributed by atoms with E-state index in [-0.39, 0.29) is 17.7 Å². The van der Waals surface area contributed by atoms with Gasteiger partial charge in [-0.2, -0.15) is 0 Å². The molecule has 0 radical (unpaired) electrons. The van der Waals surface area contributed by atoms with Crippen LogP contribution in [0.1, 0.15) is 24.2 Å². The Bertz CT molecular complexity index is 1450. The molecule has 0 saturated heterocycles. The Balaban J connectivity index is 1.63. The summed E-state index contributed by atoms with van der Waals surface area (Å²) < 4.78 is 30.4. The van der Waals surface area contributed by atoms with E-state index in [0.717, 1.165) is 11.3 Å². The molecule has 0 fully saturated rings. The van der Waals surface area contributed by atoms with Crippen molar-refractivity contribution in [3.05, 3.63) is 84.1 Å². The number of aromatic amines is 1. The zero-order chi connectivity index (χ0) is 22.4. The van der Waals surface area contributed by atoms with Crippen molar-refractivity contribution in [2.45, 2.75) is 19.9 Å². The number of anilines is 1. The van der Waals surface area contributed by atoms with Crippen LogP contribution >= 0.6 is 0 Å². The van der Waals surface area contributed by atoms with Crippen LogP contribution in [0.2, 0.25) is 0 Å². The summed E-state index contributed by atoms with van der Waals surface area (Å²) in [7, 11) is 0. The van der Waals surface area contributed by atoms with Crippen LogP contribution < -0.4 is 5.73 Å². The summed E-state index contributed by atoms with van der Waals surface area (Å²) in [6.07, 6.45) is 4.96. The van der Waals surface area contributed by atoms with E-state index >= 15 is 0 Å². The van der Waals surface area contributed by atoms with E-state index < -0.39 is 0 Å². The van der Waals surface area contributed by atoms with E-state index in [9.17, 15) is 8.78 Å². The van der Waals surface area contributed by atoms with Crippen molar-refractivity contribution < 1.29 is 8.78 Å². The van der Waals surface area contributed by atoms with Gasteiger partial charge in [-0.25, -0.2) is 23.7 Å². The molecule has 0 amide bonds. The molecule has 5 rings (SSSR count). The quantitative estimate of drug-likeness (QED) is 0.407. The zero-order valence-corrected chi connectivity index (χ0v) is 17.5. The first-order chi connectivity index (χ1) is 15.4. The van der Waals surface area contributed by atoms with Gasteiger partial charge < -0.3 is 15.3 Å². The number of fused-ring (bicyclic) bond motifs is 1. The molecular formula is C24H20F2N6. The number of aromatic nitrogens is 5. The summed E-state index contributed by atoms with van der Waals surface area (Å²) in [5, 5.41) is 0.649. The minimum absolute atomic E-state index is 0.233. The van der Waals surface area contributed by atoms with Crippen LogP contribution in [-0.2, 0) is 0 Å². The summed E-state index contributed by atoms with van der Waals surface area (Å²) in [5.41, 5.74) is 9.94. The van der Waals surface area contributed by atoms with E-state index in [1.807, 2.05) is 23.8 Å². The van der Waals surface area contributed by atoms with Crippen LogP contribution in [0.4, 0.5) is 14.6 Å². The number of aryl methyl sites for hydroxylation is 1.